The second-order valence-electron chi connectivity index (χ2n) is 11.9. The summed E-state index contributed by atoms with van der Waals surface area (Å²) in [6, 6.07) is 0. The highest BCUT2D eigenvalue weighted by Gasteiger charge is 2.55. The van der Waals surface area contributed by atoms with Crippen molar-refractivity contribution < 1.29 is 28.7 Å². The summed E-state index contributed by atoms with van der Waals surface area (Å²) < 4.78 is 17.2. The van der Waals surface area contributed by atoms with Crippen molar-refractivity contribution >= 4 is 11.8 Å². The highest BCUT2D eigenvalue weighted by molar-refractivity contribution is 5.83. The van der Waals surface area contributed by atoms with Gasteiger partial charge in [-0.3, -0.25) is 15.3 Å². The molecule has 5 fully saturated rings. The summed E-state index contributed by atoms with van der Waals surface area (Å²) in [4.78, 5) is 30.2. The molecule has 5 N–H and O–H groups in total. The van der Waals surface area contributed by atoms with E-state index in [4.69, 9.17) is 19.9 Å². The first-order valence-electron chi connectivity index (χ1n) is 14.6. The molecule has 0 aromatic heterocycles. The molecule has 210 valence electrons. The molecule has 4 aliphatic heterocycles. The van der Waals surface area contributed by atoms with E-state index in [0.29, 0.717) is 18.9 Å². The molecule has 0 aromatic carbocycles. The number of methoxy groups -OCH3 is 2. The molecule has 4 saturated heterocycles. The Morgan fingerprint density at radius 3 is 2.73 bits per heavy atom. The molecule has 1 saturated carbocycles. The van der Waals surface area contributed by atoms with Gasteiger partial charge in [-0.2, -0.15) is 0 Å². The molecule has 0 aromatic rings. The standard InChI is InChI=1S/C27H47N5O5/c1-35-21-9-8-17(14-22(21)36-2)10-11-29-26(33)19-15-20-25(30-23-7-3-4-12-31(23)27(20)34)32(24(19)28)16-18-6-5-13-37-18/h17-25,30H,3-16,28H2,1-2H3,(H,29,33)/p+1/t17?,18-,19?,20?,21?,22?,23?,24?,25?/m0/s1. The minimum Gasteiger partial charge on any atom is -0.379 e. The van der Waals surface area contributed by atoms with Crippen LogP contribution >= 0.6 is 0 Å². The van der Waals surface area contributed by atoms with Crippen molar-refractivity contribution in [1.82, 2.24) is 15.5 Å². The molecule has 10 nitrogen and oxygen atoms in total. The zero-order chi connectivity index (χ0) is 25.9. The van der Waals surface area contributed by atoms with Gasteiger partial charge in [0.1, 0.15) is 24.5 Å². The summed E-state index contributed by atoms with van der Waals surface area (Å²) in [5, 5.41) is 6.97. The van der Waals surface area contributed by atoms with Gasteiger partial charge in [-0.15, -0.1) is 0 Å². The Kier molecular flexibility index (Phi) is 9.04. The molecule has 0 radical (unpaired) electrons. The van der Waals surface area contributed by atoms with Crippen LogP contribution in [0.4, 0.5) is 0 Å². The molecule has 4 heterocycles. The van der Waals surface area contributed by atoms with Crippen LogP contribution in [0.1, 0.15) is 64.2 Å². The molecular formula is C27H48N5O5+. The van der Waals surface area contributed by atoms with Crippen LogP contribution in [-0.4, -0.2) is 94.0 Å². The number of quaternary nitrogens is 1. The number of nitrogens with one attached hydrogen (secondary N) is 3. The maximum absolute atomic E-state index is 13.6. The second kappa shape index (κ2) is 12.3. The lowest BCUT2D eigenvalue weighted by atomic mass is 9.80. The maximum Gasteiger partial charge on any atom is 0.234 e. The van der Waals surface area contributed by atoms with Gasteiger partial charge in [-0.1, -0.05) is 0 Å². The number of carbonyl (C=O) groups excluding carboxylic acids is 2. The fourth-order valence-electron chi connectivity index (χ4n) is 7.63. The van der Waals surface area contributed by atoms with E-state index >= 15 is 0 Å². The normalized spacial score (nSPS) is 42.2. The van der Waals surface area contributed by atoms with E-state index in [1.807, 2.05) is 4.90 Å². The summed E-state index contributed by atoms with van der Waals surface area (Å²) in [5.74, 6) is 0.0679. The summed E-state index contributed by atoms with van der Waals surface area (Å²) in [5.41, 5.74) is 6.86. The average molecular weight is 523 g/mol. The minimum atomic E-state index is -0.388. The molecule has 9 unspecified atom stereocenters. The smallest absolute Gasteiger partial charge is 0.234 e. The quantitative estimate of drug-likeness (QED) is 0.342. The number of hydrogen-bond donors (Lipinski definition) is 4. The summed E-state index contributed by atoms with van der Waals surface area (Å²) in [7, 11) is 3.49. The van der Waals surface area contributed by atoms with Gasteiger partial charge in [0.2, 0.25) is 11.8 Å². The summed E-state index contributed by atoms with van der Waals surface area (Å²) >= 11 is 0. The van der Waals surface area contributed by atoms with Crippen molar-refractivity contribution in [1.29, 1.82) is 0 Å². The fourth-order valence-corrected chi connectivity index (χ4v) is 7.63. The number of amides is 2. The number of nitrogens with zero attached hydrogens (tertiary/aromatic N) is 1. The van der Waals surface area contributed by atoms with Gasteiger partial charge in [-0.05, 0) is 70.1 Å². The van der Waals surface area contributed by atoms with Gasteiger partial charge >= 0.3 is 0 Å². The number of likely N-dealkylation sites (tertiary alicyclic amines) is 1. The lowest BCUT2D eigenvalue weighted by Gasteiger charge is -2.53. The number of rotatable bonds is 8. The Hall–Kier alpha value is -1.30. The van der Waals surface area contributed by atoms with Crippen molar-refractivity contribution in [3.05, 3.63) is 0 Å². The number of piperidine rings is 2. The highest BCUT2D eigenvalue weighted by atomic mass is 16.5. The molecule has 0 spiro atoms. The molecule has 0 bridgehead atoms. The lowest BCUT2D eigenvalue weighted by molar-refractivity contribution is -0.967. The topological polar surface area (TPSA) is 120 Å². The SMILES string of the molecule is COC1CCC(CCNC(=O)C2CC3C(=O)N4CCCCC4NC3[NH+](C[C@@H]3CCCO3)C2N)CC1OC. The number of carbonyl (C=O) groups is 2. The fraction of sp³-hybridized carbons (Fsp3) is 0.926. The van der Waals surface area contributed by atoms with Crippen LogP contribution < -0.4 is 21.3 Å². The van der Waals surface area contributed by atoms with Crippen LogP contribution in [0, 0.1) is 17.8 Å². The van der Waals surface area contributed by atoms with E-state index in [-0.39, 0.29) is 60.5 Å². The monoisotopic (exact) mass is 522 g/mol. The Balaban J connectivity index is 1.22. The zero-order valence-corrected chi connectivity index (χ0v) is 22.7. The van der Waals surface area contributed by atoms with Gasteiger partial charge < -0.3 is 29.3 Å². The van der Waals surface area contributed by atoms with E-state index in [1.54, 1.807) is 14.2 Å². The van der Waals surface area contributed by atoms with E-state index in [0.717, 1.165) is 82.4 Å². The van der Waals surface area contributed by atoms with E-state index in [1.165, 1.54) is 0 Å². The van der Waals surface area contributed by atoms with Crippen molar-refractivity contribution in [2.24, 2.45) is 23.5 Å². The molecule has 2 amide bonds. The van der Waals surface area contributed by atoms with E-state index in [9.17, 15) is 9.59 Å². The average Bonchev–Trinajstić information content (AvgIpc) is 3.43. The Morgan fingerprint density at radius 1 is 1.14 bits per heavy atom. The molecule has 1 aliphatic carbocycles. The maximum atomic E-state index is 13.6. The van der Waals surface area contributed by atoms with Gasteiger partial charge in [0.05, 0.1) is 18.4 Å². The Morgan fingerprint density at radius 2 is 1.97 bits per heavy atom. The molecule has 5 aliphatic rings. The summed E-state index contributed by atoms with van der Waals surface area (Å²) in [6.07, 6.45) is 9.75. The van der Waals surface area contributed by atoms with E-state index in [2.05, 4.69) is 10.6 Å². The second-order valence-corrected chi connectivity index (χ2v) is 11.9. The Bertz CT molecular complexity index is 795. The van der Waals surface area contributed by atoms with Crippen molar-refractivity contribution in [3.63, 3.8) is 0 Å². The predicted molar refractivity (Wildman–Crippen MR) is 137 cm³/mol. The van der Waals surface area contributed by atoms with Crippen LogP contribution in [0.3, 0.4) is 0 Å². The van der Waals surface area contributed by atoms with Crippen LogP contribution in [-0.2, 0) is 23.8 Å². The molecule has 10 heteroatoms. The van der Waals surface area contributed by atoms with Crippen molar-refractivity contribution in [2.45, 2.75) is 101 Å². The van der Waals surface area contributed by atoms with E-state index < -0.39 is 0 Å². The van der Waals surface area contributed by atoms with Gasteiger partial charge in [0.25, 0.3) is 0 Å². The molecule has 37 heavy (non-hydrogen) atoms. The third-order valence-electron chi connectivity index (χ3n) is 9.77. The van der Waals surface area contributed by atoms with Crippen molar-refractivity contribution in [2.75, 3.05) is 40.5 Å². The predicted octanol–water partition coefficient (Wildman–Crippen LogP) is -0.424. The molecule has 10 atom stereocenters. The zero-order valence-electron chi connectivity index (χ0n) is 22.7. The number of nitrogens with two attached hydrogens (primary N) is 1. The van der Waals surface area contributed by atoms with Crippen LogP contribution in [0.5, 0.6) is 0 Å². The third-order valence-corrected chi connectivity index (χ3v) is 9.77. The highest BCUT2D eigenvalue weighted by Crippen LogP contribution is 2.32. The number of fused-ring (bicyclic) bond motifs is 2. The largest absolute Gasteiger partial charge is 0.379 e. The van der Waals surface area contributed by atoms with Crippen LogP contribution in [0.25, 0.3) is 0 Å². The molecule has 5 rings (SSSR count). The van der Waals surface area contributed by atoms with Crippen molar-refractivity contribution in [3.8, 4) is 0 Å². The first kappa shape index (κ1) is 27.3. The first-order valence-corrected chi connectivity index (χ1v) is 14.6. The lowest BCUT2D eigenvalue weighted by Crippen LogP contribution is -3.26. The Labute approximate surface area is 221 Å². The van der Waals surface area contributed by atoms with Crippen LogP contribution in [0.2, 0.25) is 0 Å². The molecular weight excluding hydrogens is 474 g/mol. The van der Waals surface area contributed by atoms with Crippen LogP contribution in [0.15, 0.2) is 0 Å². The first-order chi connectivity index (χ1) is 18.0. The number of hydrogen-bond acceptors (Lipinski definition) is 7. The van der Waals surface area contributed by atoms with Gasteiger partial charge in [0, 0.05) is 33.9 Å². The van der Waals surface area contributed by atoms with Gasteiger partial charge in [-0.25, -0.2) is 5.32 Å². The van der Waals surface area contributed by atoms with Gasteiger partial charge in [0.15, 0.2) is 12.3 Å². The number of ether oxygens (including phenoxy) is 3. The third kappa shape index (κ3) is 5.84. The minimum absolute atomic E-state index is 0.0155. The summed E-state index contributed by atoms with van der Waals surface area (Å²) in [6.45, 7) is 2.94.